The first-order chi connectivity index (χ1) is 23.6. The second-order valence-electron chi connectivity index (χ2n) is 12.5. The van der Waals surface area contributed by atoms with Crippen molar-refractivity contribution in [3.8, 4) is 28.6 Å². The van der Waals surface area contributed by atoms with Crippen molar-refractivity contribution in [1.82, 2.24) is 0 Å². The maximum absolute atomic E-state index is 13.4. The SMILES string of the molecule is COc1ccc(-c2cc(=O)c3c(cc(OC)c4cc(CCCCCCCCCCCCCCOCc5ccccc5)oc43)o2)cc1OC. The van der Waals surface area contributed by atoms with E-state index in [9.17, 15) is 4.79 Å². The number of unbranched alkanes of at least 4 members (excludes halogenated alkanes) is 11. The predicted molar refractivity (Wildman–Crippen MR) is 193 cm³/mol. The molecule has 256 valence electrons. The van der Waals surface area contributed by atoms with Gasteiger partial charge in [-0.2, -0.15) is 0 Å². The highest BCUT2D eigenvalue weighted by Gasteiger charge is 2.19. The van der Waals surface area contributed by atoms with E-state index in [4.69, 9.17) is 27.8 Å². The number of rotatable bonds is 21. The molecule has 0 radical (unpaired) electrons. The largest absolute Gasteiger partial charge is 0.496 e. The molecule has 0 fully saturated rings. The molecule has 0 spiro atoms. The van der Waals surface area contributed by atoms with Gasteiger partial charge >= 0.3 is 0 Å². The quantitative estimate of drug-likeness (QED) is 0.0728. The Bertz CT molecular complexity index is 1770. The Morgan fingerprint density at radius 1 is 0.604 bits per heavy atom. The lowest BCUT2D eigenvalue weighted by molar-refractivity contribution is 0.116. The number of benzene rings is 3. The fourth-order valence-electron chi connectivity index (χ4n) is 6.30. The van der Waals surface area contributed by atoms with Gasteiger partial charge in [-0.3, -0.25) is 4.79 Å². The van der Waals surface area contributed by atoms with Gasteiger partial charge in [0.15, 0.2) is 22.5 Å². The highest BCUT2D eigenvalue weighted by molar-refractivity contribution is 6.05. The van der Waals surface area contributed by atoms with E-state index in [0.717, 1.165) is 50.0 Å². The van der Waals surface area contributed by atoms with Crippen molar-refractivity contribution < 1.29 is 27.8 Å². The molecule has 0 aliphatic rings. The third-order valence-electron chi connectivity index (χ3n) is 8.97. The van der Waals surface area contributed by atoms with Crippen LogP contribution in [0.5, 0.6) is 17.2 Å². The first kappa shape index (κ1) is 35.1. The van der Waals surface area contributed by atoms with Crippen molar-refractivity contribution in [2.45, 2.75) is 90.1 Å². The molecule has 3 aromatic carbocycles. The van der Waals surface area contributed by atoms with Crippen LogP contribution in [-0.2, 0) is 17.8 Å². The van der Waals surface area contributed by atoms with Crippen LogP contribution in [0.4, 0.5) is 0 Å². The smallest absolute Gasteiger partial charge is 0.197 e. The zero-order valence-corrected chi connectivity index (χ0v) is 28.8. The van der Waals surface area contributed by atoms with Crippen LogP contribution < -0.4 is 19.6 Å². The van der Waals surface area contributed by atoms with Gasteiger partial charge in [-0.25, -0.2) is 0 Å². The van der Waals surface area contributed by atoms with Crippen LogP contribution in [0.2, 0.25) is 0 Å². The Morgan fingerprint density at radius 3 is 1.92 bits per heavy atom. The first-order valence-electron chi connectivity index (χ1n) is 17.5. The van der Waals surface area contributed by atoms with E-state index < -0.39 is 0 Å². The molecule has 0 aliphatic heterocycles. The molecule has 0 N–H and O–H groups in total. The summed E-state index contributed by atoms with van der Waals surface area (Å²) in [4.78, 5) is 13.4. The third-order valence-corrected chi connectivity index (χ3v) is 8.97. The topological polar surface area (TPSA) is 80.3 Å². The van der Waals surface area contributed by atoms with E-state index >= 15 is 0 Å². The van der Waals surface area contributed by atoms with Crippen molar-refractivity contribution in [1.29, 1.82) is 0 Å². The van der Waals surface area contributed by atoms with Crippen LogP contribution in [0, 0.1) is 0 Å². The summed E-state index contributed by atoms with van der Waals surface area (Å²) >= 11 is 0. The van der Waals surface area contributed by atoms with Gasteiger partial charge in [0.25, 0.3) is 0 Å². The predicted octanol–water partition coefficient (Wildman–Crippen LogP) is 10.7. The number of fused-ring (bicyclic) bond motifs is 3. The minimum atomic E-state index is -0.168. The van der Waals surface area contributed by atoms with E-state index in [1.54, 1.807) is 39.5 Å². The van der Waals surface area contributed by atoms with E-state index in [1.807, 2.05) is 18.2 Å². The highest BCUT2D eigenvalue weighted by atomic mass is 16.5. The minimum Gasteiger partial charge on any atom is -0.496 e. The average molecular weight is 655 g/mol. The van der Waals surface area contributed by atoms with Gasteiger partial charge in [-0.15, -0.1) is 0 Å². The lowest BCUT2D eigenvalue weighted by Gasteiger charge is -2.10. The maximum Gasteiger partial charge on any atom is 0.197 e. The summed E-state index contributed by atoms with van der Waals surface area (Å²) in [5.74, 6) is 3.07. The van der Waals surface area contributed by atoms with Crippen LogP contribution in [0.15, 0.2) is 80.4 Å². The van der Waals surface area contributed by atoms with Crippen LogP contribution in [0.1, 0.15) is 88.4 Å². The number of aryl methyl sites for hydroxylation is 1. The molecule has 0 saturated heterocycles. The molecule has 5 aromatic rings. The van der Waals surface area contributed by atoms with E-state index in [2.05, 4.69) is 24.3 Å². The molecule has 0 bridgehead atoms. The van der Waals surface area contributed by atoms with Crippen LogP contribution in [0.25, 0.3) is 33.3 Å². The third kappa shape index (κ3) is 9.44. The molecule has 0 aliphatic carbocycles. The molecular formula is C41H50O7. The average Bonchev–Trinajstić information content (AvgIpc) is 3.55. The Hall–Kier alpha value is -4.23. The normalized spacial score (nSPS) is 11.4. The van der Waals surface area contributed by atoms with Crippen LogP contribution in [0.3, 0.4) is 0 Å². The zero-order chi connectivity index (χ0) is 33.6. The van der Waals surface area contributed by atoms with Crippen molar-refractivity contribution in [2.75, 3.05) is 27.9 Å². The van der Waals surface area contributed by atoms with Gasteiger partial charge in [0.1, 0.15) is 28.2 Å². The van der Waals surface area contributed by atoms with Gasteiger partial charge in [-0.1, -0.05) is 94.5 Å². The standard InChI is InChI=1S/C41H50O7/c1-43-35-23-22-31(25-38(35)45-3)36-27-34(42)40-39(48-36)28-37(44-2)33-26-32(47-41(33)40)21-17-12-10-8-6-4-5-7-9-11-13-18-24-46-29-30-19-15-14-16-20-30/h14-16,19-20,22-23,25-28H,4-13,17-18,21,24,29H2,1-3H3. The number of ether oxygens (including phenoxy) is 4. The molecule has 5 rings (SSSR count). The van der Waals surface area contributed by atoms with Gasteiger partial charge in [0.05, 0.1) is 33.3 Å². The van der Waals surface area contributed by atoms with Gasteiger partial charge < -0.3 is 27.8 Å². The molecule has 0 amide bonds. The highest BCUT2D eigenvalue weighted by Crippen LogP contribution is 2.37. The second kappa shape index (κ2) is 18.3. The van der Waals surface area contributed by atoms with Gasteiger partial charge in [-0.05, 0) is 42.7 Å². The second-order valence-corrected chi connectivity index (χ2v) is 12.5. The van der Waals surface area contributed by atoms with Crippen molar-refractivity contribution in [3.05, 3.63) is 88.3 Å². The molecule has 2 heterocycles. The molecule has 0 unspecified atom stereocenters. The van der Waals surface area contributed by atoms with Crippen LogP contribution >= 0.6 is 0 Å². The summed E-state index contributed by atoms with van der Waals surface area (Å²) < 4.78 is 34.7. The van der Waals surface area contributed by atoms with E-state index in [-0.39, 0.29) is 5.43 Å². The summed E-state index contributed by atoms with van der Waals surface area (Å²) in [6.07, 6.45) is 15.9. The molecule has 0 saturated carbocycles. The van der Waals surface area contributed by atoms with Crippen LogP contribution in [-0.4, -0.2) is 27.9 Å². The molecule has 7 nitrogen and oxygen atoms in total. The Kier molecular flexibility index (Phi) is 13.4. The number of hydrogen-bond donors (Lipinski definition) is 0. The summed E-state index contributed by atoms with van der Waals surface area (Å²) in [6, 6.07) is 21.1. The molecule has 48 heavy (non-hydrogen) atoms. The summed E-state index contributed by atoms with van der Waals surface area (Å²) in [5.41, 5.74) is 2.72. The fraction of sp³-hybridized carbons (Fsp3) is 0.439. The summed E-state index contributed by atoms with van der Waals surface area (Å²) in [7, 11) is 4.78. The van der Waals surface area contributed by atoms with Crippen molar-refractivity contribution >= 4 is 21.9 Å². The Balaban J connectivity index is 1.01. The lowest BCUT2D eigenvalue weighted by Crippen LogP contribution is -2.01. The minimum absolute atomic E-state index is 0.168. The summed E-state index contributed by atoms with van der Waals surface area (Å²) in [5, 5.41) is 1.22. The number of hydrogen-bond acceptors (Lipinski definition) is 7. The zero-order valence-electron chi connectivity index (χ0n) is 28.8. The van der Waals surface area contributed by atoms with Crippen molar-refractivity contribution in [3.63, 3.8) is 0 Å². The molecular weight excluding hydrogens is 604 g/mol. The van der Waals surface area contributed by atoms with Gasteiger partial charge in [0.2, 0.25) is 0 Å². The number of methoxy groups -OCH3 is 3. The Labute approximate surface area is 284 Å². The first-order valence-corrected chi connectivity index (χ1v) is 17.5. The monoisotopic (exact) mass is 654 g/mol. The Morgan fingerprint density at radius 2 is 1.25 bits per heavy atom. The van der Waals surface area contributed by atoms with Crippen molar-refractivity contribution in [2.24, 2.45) is 0 Å². The molecule has 2 aromatic heterocycles. The molecule has 0 atom stereocenters. The summed E-state index contributed by atoms with van der Waals surface area (Å²) in [6.45, 7) is 1.58. The number of furan rings is 1. The lowest BCUT2D eigenvalue weighted by atomic mass is 10.0. The van der Waals surface area contributed by atoms with E-state index in [0.29, 0.717) is 45.1 Å². The van der Waals surface area contributed by atoms with Gasteiger partial charge in [0, 0.05) is 30.7 Å². The fourth-order valence-corrected chi connectivity index (χ4v) is 6.30. The molecule has 7 heteroatoms. The maximum atomic E-state index is 13.4. The van der Waals surface area contributed by atoms with E-state index in [1.165, 1.54) is 69.4 Å².